The van der Waals surface area contributed by atoms with Gasteiger partial charge in [0, 0.05) is 0 Å². The van der Waals surface area contributed by atoms with Gasteiger partial charge >= 0.3 is 0 Å². The fourth-order valence-electron chi connectivity index (χ4n) is 1.53. The first-order valence-electron chi connectivity index (χ1n) is 7.77. The summed E-state index contributed by atoms with van der Waals surface area (Å²) in [4.78, 5) is 0. The number of hydrogen-bond acceptors (Lipinski definition) is 1. The molecule has 20 heavy (non-hydrogen) atoms. The van der Waals surface area contributed by atoms with E-state index >= 15 is 0 Å². The number of unbranched alkanes of at least 4 members (excludes halogenated alkanes) is 1. The van der Waals surface area contributed by atoms with Crippen molar-refractivity contribution in [3.63, 3.8) is 0 Å². The van der Waals surface area contributed by atoms with Crippen LogP contribution in [0.1, 0.15) is 70.9 Å². The maximum atomic E-state index is 8.38. The molecule has 0 aliphatic rings. The van der Waals surface area contributed by atoms with Crippen molar-refractivity contribution < 1.29 is 0 Å². The van der Waals surface area contributed by atoms with E-state index in [1.54, 1.807) is 0 Å². The van der Waals surface area contributed by atoms with Crippen LogP contribution in [-0.4, -0.2) is 0 Å². The SMILES string of the molecule is C=C(CCC)CCCC.CC.Cc1ccc(C#N)cc1. The van der Waals surface area contributed by atoms with E-state index < -0.39 is 0 Å². The highest BCUT2D eigenvalue weighted by Gasteiger charge is 1.89. The number of rotatable bonds is 5. The molecule has 0 atom stereocenters. The molecule has 1 nitrogen and oxygen atoms in total. The van der Waals surface area contributed by atoms with Gasteiger partial charge in [0.05, 0.1) is 11.6 Å². The summed E-state index contributed by atoms with van der Waals surface area (Å²) in [5, 5.41) is 8.38. The van der Waals surface area contributed by atoms with Gasteiger partial charge in [0.25, 0.3) is 0 Å². The first kappa shape index (κ1) is 20.8. The van der Waals surface area contributed by atoms with Gasteiger partial charge in [0.2, 0.25) is 0 Å². The highest BCUT2D eigenvalue weighted by atomic mass is 14.2. The second-order valence-corrected chi connectivity index (χ2v) is 4.58. The lowest BCUT2D eigenvalue weighted by molar-refractivity contribution is 0.746. The predicted octanol–water partition coefficient (Wildman–Crippen LogP) is 6.43. The first-order chi connectivity index (χ1) is 9.63. The number of nitriles is 1. The first-order valence-corrected chi connectivity index (χ1v) is 7.77. The number of allylic oxidation sites excluding steroid dienone is 1. The zero-order valence-electron chi connectivity index (χ0n) is 14.0. The normalized spacial score (nSPS) is 8.40. The van der Waals surface area contributed by atoms with E-state index in [9.17, 15) is 0 Å². The van der Waals surface area contributed by atoms with Gasteiger partial charge in [0.1, 0.15) is 0 Å². The molecule has 0 radical (unpaired) electrons. The average molecular weight is 273 g/mol. The molecule has 0 bridgehead atoms. The van der Waals surface area contributed by atoms with Gasteiger partial charge in [-0.2, -0.15) is 5.26 Å². The van der Waals surface area contributed by atoms with Crippen molar-refractivity contribution >= 4 is 0 Å². The van der Waals surface area contributed by atoms with Crippen LogP contribution in [0, 0.1) is 18.3 Å². The third kappa shape index (κ3) is 12.9. The smallest absolute Gasteiger partial charge is 0.0991 e. The highest BCUT2D eigenvalue weighted by molar-refractivity contribution is 5.30. The van der Waals surface area contributed by atoms with Crippen LogP contribution < -0.4 is 0 Å². The Hall–Kier alpha value is -1.55. The zero-order chi connectivity index (χ0) is 15.8. The van der Waals surface area contributed by atoms with Crippen LogP contribution in [-0.2, 0) is 0 Å². The second kappa shape index (κ2) is 15.5. The van der Waals surface area contributed by atoms with E-state index in [0.29, 0.717) is 0 Å². The Labute approximate surface area is 126 Å². The molecule has 0 aliphatic carbocycles. The van der Waals surface area contributed by atoms with Crippen molar-refractivity contribution in [2.45, 2.75) is 66.7 Å². The molecule has 112 valence electrons. The Morgan fingerprint density at radius 1 is 1.05 bits per heavy atom. The molecule has 0 unspecified atom stereocenters. The summed E-state index contributed by atoms with van der Waals surface area (Å²) in [5.41, 5.74) is 3.34. The minimum absolute atomic E-state index is 0.723. The number of nitrogens with zero attached hydrogens (tertiary/aromatic N) is 1. The van der Waals surface area contributed by atoms with Crippen molar-refractivity contribution in [3.05, 3.63) is 47.5 Å². The van der Waals surface area contributed by atoms with Gasteiger partial charge in [-0.25, -0.2) is 0 Å². The quantitative estimate of drug-likeness (QED) is 0.567. The molecule has 1 aromatic carbocycles. The van der Waals surface area contributed by atoms with Crippen molar-refractivity contribution in [1.82, 2.24) is 0 Å². The molecule has 1 aromatic rings. The van der Waals surface area contributed by atoms with Gasteiger partial charge in [-0.15, -0.1) is 0 Å². The molecule has 0 heterocycles. The largest absolute Gasteiger partial charge is 0.192 e. The molecule has 0 fully saturated rings. The summed E-state index contributed by atoms with van der Waals surface area (Å²) in [6.45, 7) is 14.4. The molecular weight excluding hydrogens is 242 g/mol. The lowest BCUT2D eigenvalue weighted by Crippen LogP contribution is -1.79. The fraction of sp³-hybridized carbons (Fsp3) is 0.526. The van der Waals surface area contributed by atoms with Crippen LogP contribution in [0.3, 0.4) is 0 Å². The van der Waals surface area contributed by atoms with E-state index in [1.807, 2.05) is 45.0 Å². The summed E-state index contributed by atoms with van der Waals surface area (Å²) in [7, 11) is 0. The van der Waals surface area contributed by atoms with E-state index in [1.165, 1.54) is 43.2 Å². The lowest BCUT2D eigenvalue weighted by atomic mass is 10.1. The summed E-state index contributed by atoms with van der Waals surface area (Å²) in [5.74, 6) is 0. The average Bonchev–Trinajstić information content (AvgIpc) is 2.49. The van der Waals surface area contributed by atoms with Gasteiger partial charge in [-0.1, -0.05) is 70.4 Å². The molecule has 0 aromatic heterocycles. The van der Waals surface area contributed by atoms with E-state index in [4.69, 9.17) is 5.26 Å². The molecule has 0 saturated heterocycles. The Kier molecular flexibility index (Phi) is 16.1. The van der Waals surface area contributed by atoms with Crippen LogP contribution in [0.25, 0.3) is 0 Å². The minimum Gasteiger partial charge on any atom is -0.192 e. The van der Waals surface area contributed by atoms with Crippen LogP contribution >= 0.6 is 0 Å². The van der Waals surface area contributed by atoms with Crippen LogP contribution in [0.15, 0.2) is 36.4 Å². The van der Waals surface area contributed by atoms with Crippen LogP contribution in [0.2, 0.25) is 0 Å². The Balaban J connectivity index is 0. The van der Waals surface area contributed by atoms with Gasteiger partial charge in [0.15, 0.2) is 0 Å². The monoisotopic (exact) mass is 273 g/mol. The summed E-state index contributed by atoms with van der Waals surface area (Å²) >= 11 is 0. The van der Waals surface area contributed by atoms with Gasteiger partial charge in [-0.05, 0) is 38.3 Å². The lowest BCUT2D eigenvalue weighted by Gasteiger charge is -2.00. The van der Waals surface area contributed by atoms with Crippen LogP contribution in [0.4, 0.5) is 0 Å². The summed E-state index contributed by atoms with van der Waals surface area (Å²) < 4.78 is 0. The van der Waals surface area contributed by atoms with Gasteiger partial charge < -0.3 is 0 Å². The number of benzene rings is 1. The maximum absolute atomic E-state index is 8.38. The Morgan fingerprint density at radius 2 is 1.60 bits per heavy atom. The van der Waals surface area contributed by atoms with Gasteiger partial charge in [-0.3, -0.25) is 0 Å². The Bertz CT molecular complexity index is 368. The molecule has 1 heteroatoms. The fourth-order valence-corrected chi connectivity index (χ4v) is 1.53. The maximum Gasteiger partial charge on any atom is 0.0991 e. The van der Waals surface area contributed by atoms with Crippen molar-refractivity contribution in [3.8, 4) is 6.07 Å². The molecule has 0 N–H and O–H groups in total. The molecule has 0 aliphatic heterocycles. The third-order valence-corrected chi connectivity index (χ3v) is 2.67. The summed E-state index contributed by atoms with van der Waals surface area (Å²) in [6.07, 6.45) is 6.33. The minimum atomic E-state index is 0.723. The van der Waals surface area contributed by atoms with Crippen molar-refractivity contribution in [2.24, 2.45) is 0 Å². The third-order valence-electron chi connectivity index (χ3n) is 2.67. The predicted molar refractivity (Wildman–Crippen MR) is 90.8 cm³/mol. The second-order valence-electron chi connectivity index (χ2n) is 4.58. The number of aryl methyl sites for hydroxylation is 1. The van der Waals surface area contributed by atoms with Crippen molar-refractivity contribution in [2.75, 3.05) is 0 Å². The van der Waals surface area contributed by atoms with Crippen molar-refractivity contribution in [1.29, 1.82) is 5.26 Å². The topological polar surface area (TPSA) is 23.8 Å². The molecule has 0 spiro atoms. The van der Waals surface area contributed by atoms with Crippen LogP contribution in [0.5, 0.6) is 0 Å². The Morgan fingerprint density at radius 3 is 2.00 bits per heavy atom. The molecule has 0 saturated carbocycles. The highest BCUT2D eigenvalue weighted by Crippen LogP contribution is 2.09. The molecule has 1 rings (SSSR count). The molecule has 0 amide bonds. The number of hydrogen-bond donors (Lipinski definition) is 0. The standard InChI is InChI=1S/C9H18.C8H7N.C2H6/c1-4-6-8-9(3)7-5-2;1-7-2-4-8(6-9)5-3-7;1-2/h3-8H2,1-2H3;2-5H,1H3;1-2H3. The molecular formula is C19H31N. The van der Waals surface area contributed by atoms with E-state index in [-0.39, 0.29) is 0 Å². The van der Waals surface area contributed by atoms with E-state index in [0.717, 1.165) is 5.56 Å². The summed E-state index contributed by atoms with van der Waals surface area (Å²) in [6, 6.07) is 9.54. The zero-order valence-corrected chi connectivity index (χ0v) is 14.0. The van der Waals surface area contributed by atoms with E-state index in [2.05, 4.69) is 26.5 Å².